The predicted octanol–water partition coefficient (Wildman–Crippen LogP) is -1.17. The number of hydrogen-bond donors (Lipinski definition) is 8. The zero-order chi connectivity index (χ0) is 41.0. The molecule has 1 rings (SSSR count). The van der Waals surface area contributed by atoms with Gasteiger partial charge in [-0.05, 0) is 51.7 Å². The summed E-state index contributed by atoms with van der Waals surface area (Å²) in [4.78, 5) is 24.4. The van der Waals surface area contributed by atoms with E-state index in [4.69, 9.17) is 38.3 Å². The first-order chi connectivity index (χ1) is 24.0. The fraction of sp³-hybridized carbons (Fsp3) is 0.759. The molecule has 0 bridgehead atoms. The first-order valence-electron chi connectivity index (χ1n) is 16.4. The van der Waals surface area contributed by atoms with E-state index < -0.39 is 84.5 Å². The third-order valence-corrected chi connectivity index (χ3v) is 13.9. The van der Waals surface area contributed by atoms with Gasteiger partial charge in [-0.25, -0.2) is 33.7 Å². The number of nitrogens with zero attached hydrogens (tertiary/aromatic N) is 1. The monoisotopic (exact) mass is 828 g/mol. The molecular weight excluding hydrogens is 769 g/mol. The number of aliphatic carboxylic acids is 2. The van der Waals surface area contributed by atoms with Crippen molar-refractivity contribution in [1.29, 1.82) is 0 Å². The van der Waals surface area contributed by atoms with Crippen LogP contribution in [0.2, 0.25) is 0 Å². The second kappa shape index (κ2) is 28.8. The van der Waals surface area contributed by atoms with Crippen molar-refractivity contribution in [3.8, 4) is 0 Å². The van der Waals surface area contributed by atoms with E-state index in [0.29, 0.717) is 37.8 Å². The van der Waals surface area contributed by atoms with E-state index in [1.54, 1.807) is 0 Å². The van der Waals surface area contributed by atoms with Crippen molar-refractivity contribution in [2.45, 2.75) is 87.1 Å². The summed E-state index contributed by atoms with van der Waals surface area (Å²) >= 11 is 0. The summed E-state index contributed by atoms with van der Waals surface area (Å²) in [5, 5.41) is 29.0. The molecule has 0 aromatic carbocycles. The van der Waals surface area contributed by atoms with Crippen molar-refractivity contribution in [3.05, 3.63) is 24.0 Å². The summed E-state index contributed by atoms with van der Waals surface area (Å²) in [6, 6.07) is 0. The second-order valence-electron chi connectivity index (χ2n) is 11.4. The number of carboxylic acids is 2. The molecule has 1 fully saturated rings. The van der Waals surface area contributed by atoms with Crippen molar-refractivity contribution in [2.75, 3.05) is 50.0 Å². The van der Waals surface area contributed by atoms with Crippen LogP contribution in [0.3, 0.4) is 0 Å². The highest BCUT2D eigenvalue weighted by Gasteiger charge is 2.30. The standard InChI is InChI=1S/C9H19NO4S.C7H18N4.C7H12O5S2.C6H11NO4S/c1-2-3-4-8(5-6-10)15(13,14)7-9(11)12;8-5-3-1-2-4-6-11-7(9)10;1-3-13(9,10)6-5-7(8)14(11,12)4-2;8-6(9)4-12(10,11)5-1-2-7-3-5/h8H,2-7,10H2,1H3,(H,11,12);1-6,8H2,(H4,9,10,11);3-4,7-8H,1-2,5-6H2;5,7H,1-4H2,(H,8,9). The number of aliphatic hydroxyl groups is 1. The van der Waals surface area contributed by atoms with Crippen LogP contribution in [0.4, 0.5) is 0 Å². The van der Waals surface area contributed by atoms with E-state index in [-0.39, 0.29) is 18.9 Å². The van der Waals surface area contributed by atoms with Gasteiger partial charge in [0, 0.05) is 30.3 Å². The lowest BCUT2D eigenvalue weighted by Crippen LogP contribution is -2.30. The summed E-state index contributed by atoms with van der Waals surface area (Å²) in [7, 11) is -14.2. The molecule has 3 unspecified atom stereocenters. The summed E-state index contributed by atoms with van der Waals surface area (Å²) in [6.45, 7) is 10.9. The molecule has 23 heteroatoms. The summed E-state index contributed by atoms with van der Waals surface area (Å²) < 4.78 is 89.2. The largest absolute Gasteiger partial charge is 0.480 e. The zero-order valence-corrected chi connectivity index (χ0v) is 33.1. The third-order valence-electron chi connectivity index (χ3n) is 6.97. The lowest BCUT2D eigenvalue weighted by atomic mass is 10.1. The lowest BCUT2D eigenvalue weighted by molar-refractivity contribution is -0.135. The van der Waals surface area contributed by atoms with E-state index in [9.17, 15) is 43.3 Å². The van der Waals surface area contributed by atoms with E-state index >= 15 is 0 Å². The average Bonchev–Trinajstić information content (AvgIpc) is 3.60. The van der Waals surface area contributed by atoms with Gasteiger partial charge in [-0.15, -0.1) is 0 Å². The van der Waals surface area contributed by atoms with Crippen LogP contribution in [-0.2, 0) is 48.9 Å². The molecule has 308 valence electrons. The highest BCUT2D eigenvalue weighted by atomic mass is 32.2. The molecule has 1 aliphatic rings. The first-order valence-corrected chi connectivity index (χ1v) is 23.2. The van der Waals surface area contributed by atoms with Crippen LogP contribution in [0.1, 0.15) is 71.1 Å². The number of nitrogens with two attached hydrogens (primary N) is 4. The lowest BCUT2D eigenvalue weighted by Gasteiger charge is -2.14. The Morgan fingerprint density at radius 1 is 0.846 bits per heavy atom. The minimum Gasteiger partial charge on any atom is -0.480 e. The zero-order valence-electron chi connectivity index (χ0n) is 29.8. The molecule has 0 aromatic rings. The van der Waals surface area contributed by atoms with Crippen molar-refractivity contribution < 1.29 is 58.6 Å². The molecule has 0 radical (unpaired) electrons. The van der Waals surface area contributed by atoms with Crippen LogP contribution in [0.15, 0.2) is 29.0 Å². The van der Waals surface area contributed by atoms with Crippen LogP contribution >= 0.6 is 0 Å². The number of carboxylic acid groups (broad SMARTS) is 2. The number of nitrogens with one attached hydrogen (secondary N) is 1. The quantitative estimate of drug-likeness (QED) is 0.0342. The van der Waals surface area contributed by atoms with Gasteiger partial charge in [0.25, 0.3) is 0 Å². The normalized spacial score (nSPS) is 15.5. The van der Waals surface area contributed by atoms with Crippen molar-refractivity contribution in [3.63, 3.8) is 0 Å². The van der Waals surface area contributed by atoms with Gasteiger partial charge >= 0.3 is 11.9 Å². The molecule has 0 saturated carbocycles. The number of unbranched alkanes of at least 4 members (excludes halogenated alkanes) is 4. The molecule has 0 amide bonds. The highest BCUT2D eigenvalue weighted by Crippen LogP contribution is 2.15. The van der Waals surface area contributed by atoms with Gasteiger partial charge in [0.05, 0.1) is 16.3 Å². The molecular formula is C29H60N6O13S4. The number of aliphatic hydroxyl groups excluding tert-OH is 1. The molecule has 19 nitrogen and oxygen atoms in total. The summed E-state index contributed by atoms with van der Waals surface area (Å²) in [5.74, 6) is -4.38. The molecule has 0 aromatic heterocycles. The molecule has 12 N–H and O–H groups in total. The Kier molecular flexibility index (Phi) is 29.7. The number of guanidine groups is 1. The van der Waals surface area contributed by atoms with Crippen LogP contribution in [-0.4, -0.2) is 133 Å². The fourth-order valence-electron chi connectivity index (χ4n) is 4.08. The third kappa shape index (κ3) is 28.9. The molecule has 3 atom stereocenters. The predicted molar refractivity (Wildman–Crippen MR) is 203 cm³/mol. The number of sulfone groups is 4. The Balaban J connectivity index is -0.000000620. The highest BCUT2D eigenvalue weighted by molar-refractivity contribution is 7.95. The Hall–Kier alpha value is -2.67. The van der Waals surface area contributed by atoms with E-state index in [2.05, 4.69) is 23.5 Å². The molecule has 1 heterocycles. The van der Waals surface area contributed by atoms with Gasteiger partial charge in [0.1, 0.15) is 11.5 Å². The van der Waals surface area contributed by atoms with E-state index in [0.717, 1.165) is 50.6 Å². The first kappa shape index (κ1) is 53.7. The van der Waals surface area contributed by atoms with Crippen LogP contribution < -0.4 is 28.3 Å². The van der Waals surface area contributed by atoms with Gasteiger partial charge in [-0.3, -0.25) is 14.6 Å². The van der Waals surface area contributed by atoms with Crippen LogP contribution in [0, 0.1) is 0 Å². The molecule has 52 heavy (non-hydrogen) atoms. The van der Waals surface area contributed by atoms with E-state index in [1.165, 1.54) is 6.42 Å². The molecule has 0 spiro atoms. The minimum absolute atomic E-state index is 0.184. The molecule has 1 saturated heterocycles. The minimum atomic E-state index is -3.81. The van der Waals surface area contributed by atoms with E-state index in [1.807, 2.05) is 6.92 Å². The molecule has 0 aliphatic carbocycles. The Morgan fingerprint density at radius 2 is 1.42 bits per heavy atom. The van der Waals surface area contributed by atoms with Gasteiger partial charge in [0.2, 0.25) is 0 Å². The maximum atomic E-state index is 11.6. The number of hydrogen-bond acceptors (Lipinski definition) is 15. The number of rotatable bonds is 23. The SMILES string of the molecule is C=CS(=O)(=O)CCC(O)S(=O)(=O)C=C.CCCCC(CCN)S(=O)(=O)CC(=O)O.NCCCCCCN=C(N)N.O=C(O)CS(=O)(=O)C1CCNC1. The van der Waals surface area contributed by atoms with Crippen LogP contribution in [0.25, 0.3) is 0 Å². The number of carbonyl (C=O) groups is 2. The second-order valence-corrected chi connectivity index (χ2v) is 20.1. The maximum absolute atomic E-state index is 11.6. The van der Waals surface area contributed by atoms with Crippen LogP contribution in [0.5, 0.6) is 0 Å². The Morgan fingerprint density at radius 3 is 1.85 bits per heavy atom. The van der Waals surface area contributed by atoms with Crippen molar-refractivity contribution in [2.24, 2.45) is 27.9 Å². The Bertz CT molecular complexity index is 1510. The van der Waals surface area contributed by atoms with Crippen molar-refractivity contribution >= 4 is 57.2 Å². The van der Waals surface area contributed by atoms with Gasteiger partial charge in [-0.1, -0.05) is 45.8 Å². The van der Waals surface area contributed by atoms with Gasteiger partial charge < -0.3 is 43.6 Å². The topological polar surface area (TPSA) is 360 Å². The molecule has 1 aliphatic heterocycles. The van der Waals surface area contributed by atoms with Crippen molar-refractivity contribution in [1.82, 2.24) is 5.32 Å². The van der Waals surface area contributed by atoms with Gasteiger partial charge in [-0.2, -0.15) is 0 Å². The maximum Gasteiger partial charge on any atom is 0.318 e. The average molecular weight is 829 g/mol. The summed E-state index contributed by atoms with van der Waals surface area (Å²) in [5.41, 5.74) is 19.2. The van der Waals surface area contributed by atoms with Gasteiger partial charge in [0.15, 0.2) is 50.7 Å². The fourth-order valence-corrected chi connectivity index (χ4v) is 8.64. The summed E-state index contributed by atoms with van der Waals surface area (Å²) in [6.07, 6.45) is 7.15. The number of aliphatic imine (C=N–C) groups is 1. The smallest absolute Gasteiger partial charge is 0.318 e. The Labute approximate surface area is 309 Å².